The number of carboxylic acid groups (broad SMARTS) is 1. The molecule has 0 bridgehead atoms. The summed E-state index contributed by atoms with van der Waals surface area (Å²) in [6.45, 7) is 6.87. The van der Waals surface area contributed by atoms with Gasteiger partial charge in [-0.3, -0.25) is 0 Å². The molecule has 1 aliphatic heterocycles. The van der Waals surface area contributed by atoms with Crippen LogP contribution >= 0.6 is 0 Å². The fourth-order valence-corrected chi connectivity index (χ4v) is 4.49. The van der Waals surface area contributed by atoms with Gasteiger partial charge in [-0.1, -0.05) is 20.8 Å². The van der Waals surface area contributed by atoms with Gasteiger partial charge in [-0.25, -0.2) is 4.79 Å². The number of benzene rings is 1. The molecule has 1 aromatic carbocycles. The van der Waals surface area contributed by atoms with Gasteiger partial charge in [-0.2, -0.15) is 0 Å². The molecule has 2 aliphatic rings. The van der Waals surface area contributed by atoms with E-state index in [0.717, 1.165) is 24.2 Å². The van der Waals surface area contributed by atoms with Gasteiger partial charge in [-0.15, -0.1) is 0 Å². The van der Waals surface area contributed by atoms with Crippen LogP contribution in [0, 0.1) is 11.3 Å². The van der Waals surface area contributed by atoms with Crippen LogP contribution in [0.2, 0.25) is 0 Å². The number of carbonyl (C=O) groups is 1. The fraction of sp³-hybridized carbons (Fsp3) is 0.632. The van der Waals surface area contributed by atoms with E-state index in [9.17, 15) is 9.90 Å². The Morgan fingerprint density at radius 1 is 1.38 bits per heavy atom. The molecule has 5 heteroatoms. The minimum absolute atomic E-state index is 0.00843. The molecule has 1 aromatic rings. The van der Waals surface area contributed by atoms with Gasteiger partial charge in [-0.05, 0) is 42.5 Å². The van der Waals surface area contributed by atoms with Crippen LogP contribution in [-0.4, -0.2) is 41.1 Å². The quantitative estimate of drug-likeness (QED) is 0.885. The molecule has 0 saturated heterocycles. The molecule has 1 fully saturated rings. The second kappa shape index (κ2) is 6.05. The fourth-order valence-electron chi connectivity index (χ4n) is 4.49. The molecule has 24 heavy (non-hydrogen) atoms. The number of aromatic carboxylic acids is 1. The largest absolute Gasteiger partial charge is 0.486 e. The molecule has 1 heterocycles. The minimum atomic E-state index is -0.918. The first-order valence-corrected chi connectivity index (χ1v) is 8.59. The van der Waals surface area contributed by atoms with Crippen LogP contribution in [0.1, 0.15) is 49.5 Å². The Morgan fingerprint density at radius 2 is 2.12 bits per heavy atom. The number of hydrogen-bond donors (Lipinski definition) is 2. The SMILES string of the molecule is C[C@H]1CC[C@@H](OCCO)C(C)(C)[C@@]12Cc1cc(C(=O)O)ccc1O2. The molecule has 5 nitrogen and oxygen atoms in total. The first-order chi connectivity index (χ1) is 11.3. The molecular formula is C19H26O5. The van der Waals surface area contributed by atoms with E-state index in [-0.39, 0.29) is 18.1 Å². The number of ether oxygens (including phenoxy) is 2. The van der Waals surface area contributed by atoms with Gasteiger partial charge >= 0.3 is 5.97 Å². The van der Waals surface area contributed by atoms with Crippen LogP contribution in [0.25, 0.3) is 0 Å². The molecule has 0 amide bonds. The average Bonchev–Trinajstić information content (AvgIpc) is 2.93. The molecule has 0 radical (unpaired) electrons. The van der Waals surface area contributed by atoms with Crippen molar-refractivity contribution in [1.29, 1.82) is 0 Å². The predicted molar refractivity (Wildman–Crippen MR) is 89.5 cm³/mol. The Kier molecular flexibility index (Phi) is 4.34. The number of hydrogen-bond acceptors (Lipinski definition) is 4. The average molecular weight is 334 g/mol. The van der Waals surface area contributed by atoms with E-state index in [0.29, 0.717) is 24.5 Å². The molecule has 1 saturated carbocycles. The van der Waals surface area contributed by atoms with Crippen LogP contribution in [0.3, 0.4) is 0 Å². The Balaban J connectivity index is 1.94. The standard InChI is InChI=1S/C19H26O5/c1-12-4-7-16(23-9-8-20)18(2,3)19(12)11-14-10-13(17(21)22)5-6-15(14)24-19/h5-6,10,12,16,20H,4,7-9,11H2,1-3H3,(H,21,22)/t12-,16+,19+/m0/s1. The maximum atomic E-state index is 11.2. The van der Waals surface area contributed by atoms with Gasteiger partial charge in [0.2, 0.25) is 0 Å². The van der Waals surface area contributed by atoms with Crippen molar-refractivity contribution in [1.82, 2.24) is 0 Å². The lowest BCUT2D eigenvalue weighted by Crippen LogP contribution is -2.62. The van der Waals surface area contributed by atoms with Crippen LogP contribution in [0.5, 0.6) is 5.75 Å². The molecule has 1 spiro atoms. The van der Waals surface area contributed by atoms with E-state index in [1.165, 1.54) is 0 Å². The Morgan fingerprint density at radius 3 is 2.79 bits per heavy atom. The zero-order valence-corrected chi connectivity index (χ0v) is 14.5. The molecule has 2 N–H and O–H groups in total. The molecule has 0 aromatic heterocycles. The third-order valence-electron chi connectivity index (χ3n) is 6.02. The lowest BCUT2D eigenvalue weighted by molar-refractivity contribution is -0.177. The lowest BCUT2D eigenvalue weighted by Gasteiger charge is -2.54. The summed E-state index contributed by atoms with van der Waals surface area (Å²) in [5, 5.41) is 18.3. The molecule has 132 valence electrons. The summed E-state index contributed by atoms with van der Waals surface area (Å²) in [6.07, 6.45) is 2.63. The van der Waals surface area contributed by atoms with Crippen molar-refractivity contribution in [3.8, 4) is 5.75 Å². The first kappa shape index (κ1) is 17.2. The van der Waals surface area contributed by atoms with Gasteiger partial charge in [0, 0.05) is 11.8 Å². The van der Waals surface area contributed by atoms with E-state index in [2.05, 4.69) is 20.8 Å². The topological polar surface area (TPSA) is 76.0 Å². The Bertz CT molecular complexity index is 637. The minimum Gasteiger partial charge on any atom is -0.486 e. The summed E-state index contributed by atoms with van der Waals surface area (Å²) in [5.74, 6) is 0.198. The lowest BCUT2D eigenvalue weighted by atomic mass is 9.58. The first-order valence-electron chi connectivity index (χ1n) is 8.59. The van der Waals surface area contributed by atoms with Crippen molar-refractivity contribution >= 4 is 5.97 Å². The highest BCUT2D eigenvalue weighted by Crippen LogP contribution is 2.56. The third-order valence-corrected chi connectivity index (χ3v) is 6.02. The number of fused-ring (bicyclic) bond motifs is 1. The zero-order valence-electron chi connectivity index (χ0n) is 14.5. The molecule has 3 atom stereocenters. The van der Waals surface area contributed by atoms with Gasteiger partial charge in [0.25, 0.3) is 0 Å². The molecule has 3 rings (SSSR count). The second-order valence-electron chi connectivity index (χ2n) is 7.58. The van der Waals surface area contributed by atoms with Crippen molar-refractivity contribution in [2.45, 2.75) is 51.7 Å². The van der Waals surface area contributed by atoms with E-state index in [4.69, 9.17) is 14.6 Å². The number of carboxylic acids is 1. The maximum Gasteiger partial charge on any atom is 0.335 e. The van der Waals surface area contributed by atoms with Crippen LogP contribution < -0.4 is 4.74 Å². The Labute approximate surface area is 142 Å². The number of rotatable bonds is 4. The highest BCUT2D eigenvalue weighted by molar-refractivity contribution is 5.88. The van der Waals surface area contributed by atoms with Crippen molar-refractivity contribution in [2.75, 3.05) is 13.2 Å². The molecule has 0 unspecified atom stereocenters. The van der Waals surface area contributed by atoms with E-state index < -0.39 is 11.6 Å². The van der Waals surface area contributed by atoms with Gasteiger partial charge in [0.1, 0.15) is 11.4 Å². The van der Waals surface area contributed by atoms with Gasteiger partial charge in [0.15, 0.2) is 0 Å². The van der Waals surface area contributed by atoms with E-state index >= 15 is 0 Å². The maximum absolute atomic E-state index is 11.2. The summed E-state index contributed by atoms with van der Waals surface area (Å²) in [7, 11) is 0. The highest BCUT2D eigenvalue weighted by Gasteiger charge is 2.60. The van der Waals surface area contributed by atoms with Crippen LogP contribution in [-0.2, 0) is 11.2 Å². The summed E-state index contributed by atoms with van der Waals surface area (Å²) < 4.78 is 12.4. The predicted octanol–water partition coefficient (Wildman–Crippen LogP) is 2.89. The molecular weight excluding hydrogens is 308 g/mol. The van der Waals surface area contributed by atoms with Gasteiger partial charge in [0.05, 0.1) is 24.9 Å². The highest BCUT2D eigenvalue weighted by atomic mass is 16.5. The van der Waals surface area contributed by atoms with Crippen LogP contribution in [0.15, 0.2) is 18.2 Å². The van der Waals surface area contributed by atoms with Crippen molar-refractivity contribution in [3.05, 3.63) is 29.3 Å². The van der Waals surface area contributed by atoms with Crippen molar-refractivity contribution < 1.29 is 24.5 Å². The Hall–Kier alpha value is -1.59. The summed E-state index contributed by atoms with van der Waals surface area (Å²) >= 11 is 0. The number of aliphatic hydroxyl groups excluding tert-OH is 1. The molecule has 1 aliphatic carbocycles. The smallest absolute Gasteiger partial charge is 0.335 e. The zero-order chi connectivity index (χ0) is 17.5. The van der Waals surface area contributed by atoms with Crippen molar-refractivity contribution in [3.63, 3.8) is 0 Å². The summed E-state index contributed by atoms with van der Waals surface area (Å²) in [5.41, 5.74) is 0.592. The monoisotopic (exact) mass is 334 g/mol. The second-order valence-corrected chi connectivity index (χ2v) is 7.58. The van der Waals surface area contributed by atoms with E-state index in [1.54, 1.807) is 18.2 Å². The van der Waals surface area contributed by atoms with E-state index in [1.807, 2.05) is 0 Å². The number of aliphatic hydroxyl groups is 1. The van der Waals surface area contributed by atoms with Crippen LogP contribution in [0.4, 0.5) is 0 Å². The summed E-state index contributed by atoms with van der Waals surface area (Å²) in [6, 6.07) is 5.10. The van der Waals surface area contributed by atoms with Gasteiger partial charge < -0.3 is 19.7 Å². The third kappa shape index (κ3) is 2.50. The van der Waals surface area contributed by atoms with Crippen molar-refractivity contribution in [2.24, 2.45) is 11.3 Å². The normalized spacial score (nSPS) is 30.8. The summed E-state index contributed by atoms with van der Waals surface area (Å²) in [4.78, 5) is 11.2.